The number of carbonyl (C=O) groups excluding carboxylic acids is 6. The van der Waals surface area contributed by atoms with Crippen LogP contribution in [0.4, 0.5) is 4.79 Å². The third kappa shape index (κ3) is 9.02. The molecule has 14 heteroatoms. The van der Waals surface area contributed by atoms with Gasteiger partial charge in [-0.05, 0) is 55.9 Å². The predicted molar refractivity (Wildman–Crippen MR) is 175 cm³/mol. The number of rotatable bonds is 7. The zero-order valence-electron chi connectivity index (χ0n) is 27.0. The van der Waals surface area contributed by atoms with E-state index in [0.29, 0.717) is 63.2 Å². The van der Waals surface area contributed by atoms with Crippen molar-refractivity contribution in [2.75, 3.05) is 39.3 Å². The second kappa shape index (κ2) is 16.1. The Labute approximate surface area is 279 Å². The van der Waals surface area contributed by atoms with Gasteiger partial charge in [-0.3, -0.25) is 24.0 Å². The zero-order valence-corrected chi connectivity index (χ0v) is 27.0. The number of ether oxygens (including phenoxy) is 1. The molecule has 6 rings (SSSR count). The number of aryl methyl sites for hydroxylation is 1. The van der Waals surface area contributed by atoms with Gasteiger partial charge in [-0.1, -0.05) is 42.5 Å². The summed E-state index contributed by atoms with van der Waals surface area (Å²) in [6.45, 7) is 3.12. The fourth-order valence-electron chi connectivity index (χ4n) is 6.10. The third-order valence-electron chi connectivity index (χ3n) is 8.78. The molecule has 0 spiro atoms. The van der Waals surface area contributed by atoms with Gasteiger partial charge in [-0.15, -0.1) is 0 Å². The highest BCUT2D eigenvalue weighted by atomic mass is 16.5. The number of urea groups is 1. The lowest BCUT2D eigenvalue weighted by molar-refractivity contribution is -0.142. The molecule has 4 heterocycles. The highest BCUT2D eigenvalue weighted by Crippen LogP contribution is 2.21. The molecular weight excluding hydrogens is 618 g/mol. The molecule has 2 fully saturated rings. The van der Waals surface area contributed by atoms with Gasteiger partial charge in [0.15, 0.2) is 6.61 Å². The summed E-state index contributed by atoms with van der Waals surface area (Å²) in [5, 5.41) is 13.8. The van der Waals surface area contributed by atoms with Gasteiger partial charge in [0.25, 0.3) is 5.91 Å². The van der Waals surface area contributed by atoms with Crippen LogP contribution in [0, 0.1) is 0 Å². The minimum absolute atomic E-state index is 0.136. The molecular formula is C34H43N7O7. The summed E-state index contributed by atoms with van der Waals surface area (Å²) >= 11 is 0. The van der Waals surface area contributed by atoms with E-state index >= 15 is 0 Å². The van der Waals surface area contributed by atoms with Gasteiger partial charge < -0.3 is 41.1 Å². The summed E-state index contributed by atoms with van der Waals surface area (Å²) in [5.41, 5.74) is 1.72. The Balaban J connectivity index is 1.32. The minimum Gasteiger partial charge on any atom is -0.484 e. The lowest BCUT2D eigenvalue weighted by Crippen LogP contribution is -2.57. The third-order valence-corrected chi connectivity index (χ3v) is 8.78. The molecule has 0 unspecified atom stereocenters. The number of hydrogen-bond acceptors (Lipinski definition) is 7. The second-order valence-corrected chi connectivity index (χ2v) is 12.3. The minimum atomic E-state index is -1.01. The molecule has 2 aromatic rings. The number of nitrogens with one attached hydrogen (secondary N) is 5. The quantitative estimate of drug-likeness (QED) is 0.274. The van der Waals surface area contributed by atoms with Crippen molar-refractivity contribution in [1.29, 1.82) is 0 Å². The van der Waals surface area contributed by atoms with Crippen LogP contribution in [0.3, 0.4) is 0 Å². The molecule has 48 heavy (non-hydrogen) atoms. The first-order valence-electron chi connectivity index (χ1n) is 16.4. The first-order valence-corrected chi connectivity index (χ1v) is 16.4. The van der Waals surface area contributed by atoms with Crippen molar-refractivity contribution in [3.05, 3.63) is 65.7 Å². The molecule has 4 aliphatic rings. The summed E-state index contributed by atoms with van der Waals surface area (Å²) in [6, 6.07) is 12.5. The zero-order chi connectivity index (χ0) is 34.0. The smallest absolute Gasteiger partial charge is 0.317 e. The molecule has 2 bridgehead atoms. The first kappa shape index (κ1) is 34.2. The van der Waals surface area contributed by atoms with Crippen molar-refractivity contribution < 1.29 is 33.5 Å². The largest absolute Gasteiger partial charge is 0.484 e. The molecule has 4 aliphatic heterocycles. The normalized spacial score (nSPS) is 23.9. The molecule has 0 radical (unpaired) electrons. The molecule has 2 saturated heterocycles. The van der Waals surface area contributed by atoms with Gasteiger partial charge in [0.1, 0.15) is 29.9 Å². The Hall–Kier alpha value is -5.14. The number of nitrogens with zero attached hydrogens (tertiary/aromatic N) is 2. The van der Waals surface area contributed by atoms with Crippen LogP contribution in [0.15, 0.2) is 54.6 Å². The van der Waals surface area contributed by atoms with E-state index < -0.39 is 47.8 Å². The maximum atomic E-state index is 13.9. The van der Waals surface area contributed by atoms with Gasteiger partial charge >= 0.3 is 6.03 Å². The summed E-state index contributed by atoms with van der Waals surface area (Å²) < 4.78 is 5.72. The highest BCUT2D eigenvalue weighted by Gasteiger charge is 2.38. The topological polar surface area (TPSA) is 178 Å². The number of amides is 7. The number of fused-ring (bicyclic) bond motifs is 13. The van der Waals surface area contributed by atoms with Crippen LogP contribution in [0.1, 0.15) is 37.3 Å². The number of benzene rings is 2. The van der Waals surface area contributed by atoms with E-state index in [4.69, 9.17) is 4.74 Å². The van der Waals surface area contributed by atoms with Crippen LogP contribution in [0.5, 0.6) is 5.75 Å². The first-order chi connectivity index (χ1) is 23.2. The maximum Gasteiger partial charge on any atom is 0.317 e. The van der Waals surface area contributed by atoms with Gasteiger partial charge in [0, 0.05) is 39.1 Å². The van der Waals surface area contributed by atoms with E-state index in [1.807, 2.05) is 30.3 Å². The lowest BCUT2D eigenvalue weighted by atomic mass is 10.0. The van der Waals surface area contributed by atoms with Gasteiger partial charge in [0.05, 0.1) is 0 Å². The van der Waals surface area contributed by atoms with E-state index in [2.05, 4.69) is 26.6 Å². The molecule has 0 saturated carbocycles. The average molecular weight is 662 g/mol. The molecule has 256 valence electrons. The lowest BCUT2D eigenvalue weighted by Gasteiger charge is -2.29. The fourth-order valence-corrected chi connectivity index (χ4v) is 6.10. The van der Waals surface area contributed by atoms with Crippen molar-refractivity contribution >= 4 is 35.6 Å². The molecule has 7 amide bonds. The second-order valence-electron chi connectivity index (χ2n) is 12.3. The number of hydrogen-bond donors (Lipinski definition) is 5. The van der Waals surface area contributed by atoms with E-state index in [9.17, 15) is 28.8 Å². The van der Waals surface area contributed by atoms with Crippen molar-refractivity contribution in [3.8, 4) is 5.75 Å². The van der Waals surface area contributed by atoms with Gasteiger partial charge in [-0.25, -0.2) is 4.79 Å². The standard InChI is InChI=1S/C34H43N7O7/c1-22-30(43)39-27(31(44)35-15-18-40-19-16-36-34(40)47)20-24-9-12-25(13-10-24)48-21-29(42)38-26(14-11-23-6-3-2-4-7-23)33(46)41-17-5-8-28(41)32(45)37-22/h2-4,6-7,9-10,12-13,22,26-28H,5,8,11,14-21H2,1H3,(H,35,44)(H,36,47)(H,37,45)(H,38,42)(H,39,43)/t22-,26-,27-,28-/m0/s1. The number of carbonyl (C=O) groups is 6. The molecule has 0 aliphatic carbocycles. The molecule has 2 aromatic carbocycles. The Morgan fingerprint density at radius 1 is 0.938 bits per heavy atom. The maximum absolute atomic E-state index is 13.9. The molecule has 5 N–H and O–H groups in total. The van der Waals surface area contributed by atoms with E-state index in [0.717, 1.165) is 5.56 Å². The van der Waals surface area contributed by atoms with Crippen LogP contribution in [0.2, 0.25) is 0 Å². The van der Waals surface area contributed by atoms with Crippen LogP contribution >= 0.6 is 0 Å². The Bertz CT molecular complexity index is 1490. The van der Waals surface area contributed by atoms with Gasteiger partial charge in [-0.2, -0.15) is 0 Å². The van der Waals surface area contributed by atoms with Crippen molar-refractivity contribution in [2.24, 2.45) is 0 Å². The summed E-state index contributed by atoms with van der Waals surface area (Å²) in [6.07, 6.45) is 1.98. The predicted octanol–water partition coefficient (Wildman–Crippen LogP) is -0.139. The monoisotopic (exact) mass is 661 g/mol. The summed E-state index contributed by atoms with van der Waals surface area (Å²) in [5.74, 6) is -1.94. The van der Waals surface area contributed by atoms with Crippen molar-refractivity contribution in [2.45, 2.75) is 63.2 Å². The Morgan fingerprint density at radius 2 is 1.71 bits per heavy atom. The van der Waals surface area contributed by atoms with E-state index in [-0.39, 0.29) is 31.5 Å². The Kier molecular flexibility index (Phi) is 11.5. The Morgan fingerprint density at radius 3 is 2.44 bits per heavy atom. The highest BCUT2D eigenvalue weighted by molar-refractivity contribution is 5.96. The van der Waals surface area contributed by atoms with E-state index in [1.54, 1.807) is 29.2 Å². The van der Waals surface area contributed by atoms with Gasteiger partial charge in [0.2, 0.25) is 23.6 Å². The van der Waals surface area contributed by atoms with E-state index in [1.165, 1.54) is 11.8 Å². The molecule has 0 aromatic heterocycles. The van der Waals surface area contributed by atoms with Crippen LogP contribution in [0.25, 0.3) is 0 Å². The van der Waals surface area contributed by atoms with Crippen molar-refractivity contribution in [1.82, 2.24) is 36.4 Å². The van der Waals surface area contributed by atoms with Crippen LogP contribution in [-0.4, -0.2) is 109 Å². The SMILES string of the molecule is C[C@@H]1NC(=O)[C@@H]2CCCN2C(=O)[C@H](CCc2ccccc2)NC(=O)COc2ccc(cc2)C[C@@H](C(=O)NCCN2CCNC2=O)NC1=O. The van der Waals surface area contributed by atoms with Crippen LogP contribution < -0.4 is 31.3 Å². The molecule has 14 nitrogen and oxygen atoms in total. The van der Waals surface area contributed by atoms with Crippen LogP contribution in [-0.2, 0) is 36.8 Å². The fraction of sp³-hybridized carbons (Fsp3) is 0.471. The average Bonchev–Trinajstić information content (AvgIpc) is 3.75. The summed E-state index contributed by atoms with van der Waals surface area (Å²) in [7, 11) is 0. The molecule has 4 atom stereocenters. The van der Waals surface area contributed by atoms with Crippen molar-refractivity contribution in [3.63, 3.8) is 0 Å². The summed E-state index contributed by atoms with van der Waals surface area (Å²) in [4.78, 5) is 81.9.